The van der Waals surface area contributed by atoms with Crippen LogP contribution in [0.1, 0.15) is 41.3 Å². The van der Waals surface area contributed by atoms with Gasteiger partial charge >= 0.3 is 0 Å². The summed E-state index contributed by atoms with van der Waals surface area (Å²) in [4.78, 5) is 49.6. The van der Waals surface area contributed by atoms with Crippen LogP contribution < -0.4 is 15.8 Å². The minimum atomic E-state index is -0.314. The zero-order valence-electron chi connectivity index (χ0n) is 21.0. The van der Waals surface area contributed by atoms with Crippen LogP contribution in [-0.2, 0) is 11.3 Å². The fraction of sp³-hybridized carbons (Fsp3) is 0.276. The van der Waals surface area contributed by atoms with Crippen molar-refractivity contribution < 1.29 is 9.59 Å². The third-order valence-corrected chi connectivity index (χ3v) is 6.77. The lowest BCUT2D eigenvalue weighted by atomic mass is 9.97. The summed E-state index contributed by atoms with van der Waals surface area (Å²) < 4.78 is 1.67. The highest BCUT2D eigenvalue weighted by atomic mass is 16.2. The fourth-order valence-electron chi connectivity index (χ4n) is 4.74. The maximum absolute atomic E-state index is 13.7. The van der Waals surface area contributed by atoms with Gasteiger partial charge in [-0.25, -0.2) is 9.97 Å². The molecule has 0 saturated carbocycles. The Morgan fingerprint density at radius 2 is 1.89 bits per heavy atom. The van der Waals surface area contributed by atoms with E-state index in [1.54, 1.807) is 41.1 Å². The van der Waals surface area contributed by atoms with Crippen molar-refractivity contribution in [1.29, 1.82) is 0 Å². The number of piperidine rings is 1. The molecule has 2 aromatic heterocycles. The summed E-state index contributed by atoms with van der Waals surface area (Å²) in [5.41, 5.74) is 4.24. The molecule has 8 nitrogen and oxygen atoms in total. The molecule has 1 fully saturated rings. The van der Waals surface area contributed by atoms with E-state index in [0.717, 1.165) is 17.5 Å². The van der Waals surface area contributed by atoms with Crippen LogP contribution in [0.3, 0.4) is 0 Å². The molecule has 0 aliphatic carbocycles. The quantitative estimate of drug-likeness (QED) is 0.403. The summed E-state index contributed by atoms with van der Waals surface area (Å²) in [5.74, 6) is -0.165. The van der Waals surface area contributed by atoms with Gasteiger partial charge in [-0.3, -0.25) is 19.0 Å². The number of hydrogen-bond donors (Lipinski definition) is 1. The summed E-state index contributed by atoms with van der Waals surface area (Å²) in [5, 5.41) is 2.94. The van der Waals surface area contributed by atoms with Gasteiger partial charge in [0.05, 0.1) is 12.5 Å². The molecule has 0 unspecified atom stereocenters. The van der Waals surface area contributed by atoms with E-state index in [0.29, 0.717) is 54.3 Å². The molecule has 37 heavy (non-hydrogen) atoms. The van der Waals surface area contributed by atoms with E-state index in [2.05, 4.69) is 15.3 Å². The van der Waals surface area contributed by atoms with Crippen molar-refractivity contribution in [3.8, 4) is 0 Å². The average Bonchev–Trinajstić information content (AvgIpc) is 2.91. The summed E-state index contributed by atoms with van der Waals surface area (Å²) in [6.45, 7) is 4.93. The van der Waals surface area contributed by atoms with Gasteiger partial charge in [0.2, 0.25) is 5.91 Å². The van der Waals surface area contributed by atoms with E-state index >= 15 is 0 Å². The highest BCUT2D eigenvalue weighted by Gasteiger charge is 2.29. The second kappa shape index (κ2) is 10.3. The molecule has 1 aliphatic rings. The van der Waals surface area contributed by atoms with E-state index in [9.17, 15) is 14.4 Å². The van der Waals surface area contributed by atoms with Crippen LogP contribution in [0, 0.1) is 12.8 Å². The smallest absolute Gasteiger partial charge is 0.295 e. The number of carbonyl (C=O) groups is 2. The van der Waals surface area contributed by atoms with Gasteiger partial charge in [0, 0.05) is 30.5 Å². The first-order valence-electron chi connectivity index (χ1n) is 12.5. The SMILES string of the molecule is CC(=O)c1cccc(NC(=O)[C@@H]2CCCN(c3nc4cccnc4n(Cc4ccc(C)cc4)c3=O)C2)c1. The molecular weight excluding hydrogens is 466 g/mol. The first-order chi connectivity index (χ1) is 17.9. The zero-order chi connectivity index (χ0) is 25.9. The summed E-state index contributed by atoms with van der Waals surface area (Å²) >= 11 is 0. The molecule has 1 N–H and O–H groups in total. The van der Waals surface area contributed by atoms with E-state index in [-0.39, 0.29) is 23.2 Å². The number of rotatable bonds is 6. The molecule has 8 heteroatoms. The van der Waals surface area contributed by atoms with Crippen molar-refractivity contribution in [2.75, 3.05) is 23.3 Å². The third-order valence-electron chi connectivity index (χ3n) is 6.77. The first-order valence-corrected chi connectivity index (χ1v) is 12.5. The number of carbonyl (C=O) groups excluding carboxylic acids is 2. The molecule has 0 spiro atoms. The van der Waals surface area contributed by atoms with Gasteiger partial charge in [-0.2, -0.15) is 0 Å². The molecule has 1 amide bonds. The van der Waals surface area contributed by atoms with Crippen molar-refractivity contribution in [2.24, 2.45) is 5.92 Å². The van der Waals surface area contributed by atoms with Crippen molar-refractivity contribution in [3.05, 3.63) is 93.9 Å². The van der Waals surface area contributed by atoms with E-state index in [1.807, 2.05) is 42.2 Å². The zero-order valence-corrected chi connectivity index (χ0v) is 21.0. The standard InChI is InChI=1S/C29H29N5O3/c1-19-10-12-21(13-11-19)17-34-26-25(9-4-14-30-26)32-27(29(34)37)33-15-5-7-23(18-33)28(36)31-24-8-3-6-22(16-24)20(2)35/h3-4,6,8-14,16,23H,5,7,15,17-18H2,1-2H3,(H,31,36)/t23-/m1/s1. The van der Waals surface area contributed by atoms with Crippen LogP contribution in [-0.4, -0.2) is 39.3 Å². The second-order valence-electron chi connectivity index (χ2n) is 9.57. The predicted molar refractivity (Wildman–Crippen MR) is 144 cm³/mol. The summed E-state index contributed by atoms with van der Waals surface area (Å²) in [6, 6.07) is 18.7. The van der Waals surface area contributed by atoms with Crippen molar-refractivity contribution >= 4 is 34.4 Å². The van der Waals surface area contributed by atoms with Gasteiger partial charge in [0.25, 0.3) is 5.56 Å². The second-order valence-corrected chi connectivity index (χ2v) is 9.57. The molecule has 5 rings (SSSR count). The molecule has 1 saturated heterocycles. The Morgan fingerprint density at radius 1 is 1.08 bits per heavy atom. The summed E-state index contributed by atoms with van der Waals surface area (Å²) in [6.07, 6.45) is 3.13. The third kappa shape index (κ3) is 5.28. The number of hydrogen-bond acceptors (Lipinski definition) is 6. The normalized spacial score (nSPS) is 15.5. The number of amides is 1. The predicted octanol–water partition coefficient (Wildman–Crippen LogP) is 4.21. The minimum absolute atomic E-state index is 0.0567. The number of pyridine rings is 1. The fourth-order valence-corrected chi connectivity index (χ4v) is 4.74. The van der Waals surface area contributed by atoms with Crippen molar-refractivity contribution in [3.63, 3.8) is 0 Å². The Morgan fingerprint density at radius 3 is 2.68 bits per heavy atom. The first kappa shape index (κ1) is 24.4. The molecule has 188 valence electrons. The number of fused-ring (bicyclic) bond motifs is 1. The number of benzene rings is 2. The molecule has 0 radical (unpaired) electrons. The van der Waals surface area contributed by atoms with Gasteiger partial charge in [0.1, 0.15) is 5.52 Å². The Hall–Kier alpha value is -4.33. The maximum atomic E-state index is 13.7. The number of Topliss-reactive ketones (excluding diaryl/α,β-unsaturated/α-hetero) is 1. The summed E-state index contributed by atoms with van der Waals surface area (Å²) in [7, 11) is 0. The highest BCUT2D eigenvalue weighted by molar-refractivity contribution is 5.97. The van der Waals surface area contributed by atoms with Gasteiger partial charge in [-0.1, -0.05) is 42.0 Å². The lowest BCUT2D eigenvalue weighted by Gasteiger charge is -2.32. The van der Waals surface area contributed by atoms with Crippen LogP contribution in [0.15, 0.2) is 71.7 Å². The number of anilines is 2. The van der Waals surface area contributed by atoms with Gasteiger partial charge in [0.15, 0.2) is 17.2 Å². The number of aryl methyl sites for hydroxylation is 1. The van der Waals surface area contributed by atoms with Gasteiger partial charge in [-0.15, -0.1) is 0 Å². The van der Waals surface area contributed by atoms with Gasteiger partial charge < -0.3 is 10.2 Å². The molecule has 3 heterocycles. The largest absolute Gasteiger partial charge is 0.351 e. The molecular formula is C29H29N5O3. The van der Waals surface area contributed by atoms with Crippen LogP contribution in [0.25, 0.3) is 11.2 Å². The topological polar surface area (TPSA) is 97.2 Å². The maximum Gasteiger partial charge on any atom is 0.295 e. The number of aromatic nitrogens is 3. The van der Waals surface area contributed by atoms with Gasteiger partial charge in [-0.05, 0) is 56.5 Å². The Bertz CT molecular complexity index is 1530. The minimum Gasteiger partial charge on any atom is -0.351 e. The van der Waals surface area contributed by atoms with E-state index in [4.69, 9.17) is 0 Å². The molecule has 1 aliphatic heterocycles. The van der Waals surface area contributed by atoms with Crippen LogP contribution >= 0.6 is 0 Å². The molecule has 2 aromatic carbocycles. The molecule has 4 aromatic rings. The monoisotopic (exact) mass is 495 g/mol. The number of ketones is 1. The number of nitrogens with one attached hydrogen (secondary N) is 1. The number of nitrogens with zero attached hydrogens (tertiary/aromatic N) is 4. The lowest BCUT2D eigenvalue weighted by molar-refractivity contribution is -0.120. The Balaban J connectivity index is 1.42. The Labute approximate surface area is 215 Å². The van der Waals surface area contributed by atoms with Crippen molar-refractivity contribution in [2.45, 2.75) is 33.2 Å². The van der Waals surface area contributed by atoms with E-state index in [1.165, 1.54) is 6.92 Å². The lowest BCUT2D eigenvalue weighted by Crippen LogP contribution is -2.44. The highest BCUT2D eigenvalue weighted by Crippen LogP contribution is 2.23. The molecule has 1 atom stereocenters. The van der Waals surface area contributed by atoms with Crippen molar-refractivity contribution in [1.82, 2.24) is 14.5 Å². The van der Waals surface area contributed by atoms with Crippen LogP contribution in [0.5, 0.6) is 0 Å². The Kier molecular flexibility index (Phi) is 6.81. The van der Waals surface area contributed by atoms with Crippen LogP contribution in [0.2, 0.25) is 0 Å². The van der Waals surface area contributed by atoms with Crippen LogP contribution in [0.4, 0.5) is 11.5 Å². The molecule has 0 bridgehead atoms. The average molecular weight is 496 g/mol. The van der Waals surface area contributed by atoms with E-state index < -0.39 is 0 Å².